The third-order valence-corrected chi connectivity index (χ3v) is 1.95. The monoisotopic (exact) mass is 212 g/mol. The topological polar surface area (TPSA) is 36.3 Å². The van der Waals surface area contributed by atoms with Crippen molar-refractivity contribution in [3.8, 4) is 5.75 Å². The lowest BCUT2D eigenvalue weighted by atomic mass is 10.4. The van der Waals surface area contributed by atoms with Crippen LogP contribution in [0.25, 0.3) is 0 Å². The van der Waals surface area contributed by atoms with Crippen LogP contribution in [0.3, 0.4) is 0 Å². The maximum absolute atomic E-state index is 5.48. The molecule has 0 saturated carbocycles. The van der Waals surface area contributed by atoms with Gasteiger partial charge in [-0.25, -0.2) is 0 Å². The van der Waals surface area contributed by atoms with Crippen LogP contribution >= 0.6 is 0 Å². The van der Waals surface area contributed by atoms with Crippen LogP contribution in [0.5, 0.6) is 5.75 Å². The largest absolute Gasteiger partial charge is 0.488 e. The van der Waals surface area contributed by atoms with Crippen molar-refractivity contribution in [2.75, 3.05) is 19.8 Å². The summed E-state index contributed by atoms with van der Waals surface area (Å²) in [6.07, 6.45) is 4.69. The molecule has 0 spiro atoms. The Balaban J connectivity index is 2.20. The molecule has 0 aromatic carbocycles. The molecule has 0 saturated heterocycles. The number of nitrogens with zero attached hydrogens (tertiary/aromatic N) is 2. The van der Waals surface area contributed by atoms with E-state index in [9.17, 15) is 0 Å². The molecule has 1 heterocycles. The van der Waals surface area contributed by atoms with Crippen molar-refractivity contribution in [3.63, 3.8) is 0 Å². The van der Waals surface area contributed by atoms with Gasteiger partial charge >= 0.3 is 0 Å². The summed E-state index contributed by atoms with van der Waals surface area (Å²) in [7, 11) is 0. The minimum Gasteiger partial charge on any atom is -0.488 e. The van der Waals surface area contributed by atoms with Gasteiger partial charge in [0.1, 0.15) is 6.61 Å². The van der Waals surface area contributed by atoms with Gasteiger partial charge in [-0.2, -0.15) is 5.10 Å². The van der Waals surface area contributed by atoms with Crippen molar-refractivity contribution < 1.29 is 9.47 Å². The smallest absolute Gasteiger partial charge is 0.157 e. The molecule has 0 atom stereocenters. The molecule has 86 valence electrons. The van der Waals surface area contributed by atoms with E-state index in [0.29, 0.717) is 19.3 Å². The molecular weight excluding hydrogens is 192 g/mol. The van der Waals surface area contributed by atoms with Gasteiger partial charge in [0.25, 0.3) is 0 Å². The summed E-state index contributed by atoms with van der Waals surface area (Å²) in [4.78, 5) is 0. The summed E-state index contributed by atoms with van der Waals surface area (Å²) in [5.74, 6) is 0.809. The maximum Gasteiger partial charge on any atom is 0.157 e. The van der Waals surface area contributed by atoms with E-state index in [1.165, 1.54) is 0 Å². The van der Waals surface area contributed by atoms with E-state index in [0.717, 1.165) is 18.8 Å². The molecule has 1 aromatic heterocycles. The van der Waals surface area contributed by atoms with Gasteiger partial charge in [-0.15, -0.1) is 0 Å². The third-order valence-electron chi connectivity index (χ3n) is 1.95. The first-order chi connectivity index (χ1) is 7.24. The second-order valence-corrected chi connectivity index (χ2v) is 3.71. The van der Waals surface area contributed by atoms with E-state index in [-0.39, 0.29) is 0 Å². The number of ether oxygens (including phenoxy) is 2. The Bertz CT molecular complexity index is 271. The molecule has 0 amide bonds. The first kappa shape index (κ1) is 12.0. The fourth-order valence-electron chi connectivity index (χ4n) is 1.14. The lowest BCUT2D eigenvalue weighted by Gasteiger charge is -2.05. The summed E-state index contributed by atoms with van der Waals surface area (Å²) < 4.78 is 12.7. The zero-order chi connectivity index (χ0) is 11.1. The number of hydrogen-bond acceptors (Lipinski definition) is 3. The Kier molecular flexibility index (Phi) is 5.18. The molecule has 1 aromatic rings. The molecule has 0 N–H and O–H groups in total. The van der Waals surface area contributed by atoms with Gasteiger partial charge in [-0.1, -0.05) is 6.92 Å². The molecule has 0 aliphatic carbocycles. The van der Waals surface area contributed by atoms with E-state index >= 15 is 0 Å². The van der Waals surface area contributed by atoms with Crippen molar-refractivity contribution in [1.29, 1.82) is 0 Å². The first-order valence-electron chi connectivity index (χ1n) is 5.48. The van der Waals surface area contributed by atoms with Gasteiger partial charge in [0, 0.05) is 12.6 Å². The summed E-state index contributed by atoms with van der Waals surface area (Å²) in [5.41, 5.74) is 0. The van der Waals surface area contributed by atoms with Crippen LogP contribution in [0, 0.1) is 0 Å². The second kappa shape index (κ2) is 6.45. The highest BCUT2D eigenvalue weighted by Crippen LogP contribution is 2.11. The van der Waals surface area contributed by atoms with Crippen LogP contribution in [-0.2, 0) is 4.74 Å². The van der Waals surface area contributed by atoms with Crippen LogP contribution in [-0.4, -0.2) is 29.6 Å². The summed E-state index contributed by atoms with van der Waals surface area (Å²) in [5, 5.41) is 4.18. The van der Waals surface area contributed by atoms with E-state index in [1.807, 2.05) is 10.9 Å². The van der Waals surface area contributed by atoms with Crippen molar-refractivity contribution in [1.82, 2.24) is 9.78 Å². The number of hydrogen-bond donors (Lipinski definition) is 0. The fraction of sp³-hybridized carbons (Fsp3) is 0.727. The van der Waals surface area contributed by atoms with Gasteiger partial charge < -0.3 is 9.47 Å². The zero-order valence-corrected chi connectivity index (χ0v) is 9.77. The highest BCUT2D eigenvalue weighted by Gasteiger charge is 2.01. The molecule has 0 aliphatic rings. The van der Waals surface area contributed by atoms with Gasteiger partial charge in [0.15, 0.2) is 5.75 Å². The first-order valence-corrected chi connectivity index (χ1v) is 5.48. The van der Waals surface area contributed by atoms with Gasteiger partial charge in [-0.3, -0.25) is 4.68 Å². The van der Waals surface area contributed by atoms with Crippen molar-refractivity contribution in [2.45, 2.75) is 33.2 Å². The molecule has 0 aliphatic heterocycles. The van der Waals surface area contributed by atoms with E-state index in [4.69, 9.17) is 9.47 Å². The SMILES string of the molecule is CCCOCCOc1cnn(C(C)C)c1. The van der Waals surface area contributed by atoms with E-state index < -0.39 is 0 Å². The van der Waals surface area contributed by atoms with Gasteiger partial charge in [-0.05, 0) is 20.3 Å². The zero-order valence-electron chi connectivity index (χ0n) is 9.77. The average molecular weight is 212 g/mol. The predicted molar refractivity (Wildman–Crippen MR) is 59.2 cm³/mol. The lowest BCUT2D eigenvalue weighted by Crippen LogP contribution is -2.06. The minimum atomic E-state index is 0.374. The molecule has 0 unspecified atom stereocenters. The molecule has 15 heavy (non-hydrogen) atoms. The Morgan fingerprint density at radius 2 is 2.13 bits per heavy atom. The van der Waals surface area contributed by atoms with Crippen molar-refractivity contribution >= 4 is 0 Å². The minimum absolute atomic E-state index is 0.374. The molecular formula is C11H20N2O2. The number of rotatable bonds is 7. The Labute approximate surface area is 91.2 Å². The van der Waals surface area contributed by atoms with Crippen molar-refractivity contribution in [2.24, 2.45) is 0 Å². The Morgan fingerprint density at radius 3 is 2.73 bits per heavy atom. The number of aromatic nitrogens is 2. The Hall–Kier alpha value is -1.03. The van der Waals surface area contributed by atoms with Gasteiger partial charge in [0.05, 0.1) is 19.0 Å². The van der Waals surface area contributed by atoms with E-state index in [1.54, 1.807) is 6.20 Å². The molecule has 0 bridgehead atoms. The quantitative estimate of drug-likeness (QED) is 0.650. The second-order valence-electron chi connectivity index (χ2n) is 3.71. The Morgan fingerprint density at radius 1 is 1.33 bits per heavy atom. The standard InChI is InChI=1S/C11H20N2O2/c1-4-5-14-6-7-15-11-8-12-13(9-11)10(2)3/h8-10H,4-7H2,1-3H3. The van der Waals surface area contributed by atoms with Gasteiger partial charge in [0.2, 0.25) is 0 Å². The summed E-state index contributed by atoms with van der Waals surface area (Å²) >= 11 is 0. The van der Waals surface area contributed by atoms with Crippen molar-refractivity contribution in [3.05, 3.63) is 12.4 Å². The van der Waals surface area contributed by atoms with Crippen LogP contribution in [0.2, 0.25) is 0 Å². The molecule has 0 fully saturated rings. The van der Waals surface area contributed by atoms with Crippen LogP contribution in [0.4, 0.5) is 0 Å². The lowest BCUT2D eigenvalue weighted by molar-refractivity contribution is 0.101. The maximum atomic E-state index is 5.48. The average Bonchev–Trinajstić information content (AvgIpc) is 2.66. The highest BCUT2D eigenvalue weighted by atomic mass is 16.5. The fourth-order valence-corrected chi connectivity index (χ4v) is 1.14. The van der Waals surface area contributed by atoms with Crippen LogP contribution in [0.1, 0.15) is 33.2 Å². The summed E-state index contributed by atoms with van der Waals surface area (Å²) in [6, 6.07) is 0.374. The molecule has 4 heteroatoms. The summed E-state index contributed by atoms with van der Waals surface area (Å²) in [6.45, 7) is 8.29. The predicted octanol–water partition coefficient (Wildman–Crippen LogP) is 2.27. The molecule has 0 radical (unpaired) electrons. The molecule has 1 rings (SSSR count). The third kappa shape index (κ3) is 4.34. The van der Waals surface area contributed by atoms with Crippen LogP contribution in [0.15, 0.2) is 12.4 Å². The van der Waals surface area contributed by atoms with E-state index in [2.05, 4.69) is 25.9 Å². The highest BCUT2D eigenvalue weighted by molar-refractivity contribution is 5.11. The van der Waals surface area contributed by atoms with Crippen LogP contribution < -0.4 is 4.74 Å². The normalized spacial score (nSPS) is 10.9. The molecule has 4 nitrogen and oxygen atoms in total.